The second-order valence-electron chi connectivity index (χ2n) is 4.58. The van der Waals surface area contributed by atoms with Crippen molar-refractivity contribution in [3.8, 4) is 0 Å². The maximum absolute atomic E-state index is 3.44. The molecule has 88 valence electrons. The summed E-state index contributed by atoms with van der Waals surface area (Å²) < 4.78 is 0. The Balaban J connectivity index is 2.17. The zero-order chi connectivity index (χ0) is 12.1. The molecule has 2 rings (SSSR count). The van der Waals surface area contributed by atoms with E-state index in [1.54, 1.807) is 0 Å². The molecule has 1 aliphatic rings. The summed E-state index contributed by atoms with van der Waals surface area (Å²) >= 11 is 0. The predicted octanol–water partition coefficient (Wildman–Crippen LogP) is 4.38. The van der Waals surface area contributed by atoms with E-state index in [0.29, 0.717) is 11.8 Å². The maximum Gasteiger partial charge on any atom is 0.0384 e. The van der Waals surface area contributed by atoms with Gasteiger partial charge in [0, 0.05) is 11.4 Å². The van der Waals surface area contributed by atoms with Crippen LogP contribution in [-0.2, 0) is 0 Å². The van der Waals surface area contributed by atoms with Gasteiger partial charge >= 0.3 is 0 Å². The quantitative estimate of drug-likeness (QED) is 0.736. The average Bonchev–Trinajstić information content (AvgIpc) is 2.33. The highest BCUT2D eigenvalue weighted by atomic mass is 14.9. The number of hydrogen-bond acceptors (Lipinski definition) is 1. The molecule has 0 radical (unpaired) electrons. The Bertz CT molecular complexity index is 440. The number of para-hydroxylation sites is 1. The van der Waals surface area contributed by atoms with Gasteiger partial charge in [-0.3, -0.25) is 0 Å². The molecule has 0 saturated heterocycles. The second-order valence-corrected chi connectivity index (χ2v) is 4.58. The van der Waals surface area contributed by atoms with Gasteiger partial charge in [0.25, 0.3) is 0 Å². The first kappa shape index (κ1) is 11.7. The molecule has 1 aliphatic carbocycles. The van der Waals surface area contributed by atoms with Gasteiger partial charge in [-0.05, 0) is 30.0 Å². The van der Waals surface area contributed by atoms with Gasteiger partial charge in [0.2, 0.25) is 0 Å². The zero-order valence-electron chi connectivity index (χ0n) is 10.4. The van der Waals surface area contributed by atoms with Crippen molar-refractivity contribution in [1.29, 1.82) is 0 Å². The molecule has 1 heteroatoms. The summed E-state index contributed by atoms with van der Waals surface area (Å²) in [6, 6.07) is 10.3. The van der Waals surface area contributed by atoms with Crippen LogP contribution in [0.4, 0.5) is 5.69 Å². The fourth-order valence-corrected chi connectivity index (χ4v) is 1.84. The zero-order valence-corrected chi connectivity index (χ0v) is 10.4. The summed E-state index contributed by atoms with van der Waals surface area (Å²) in [7, 11) is 0. The molecule has 0 heterocycles. The molecule has 2 unspecified atom stereocenters. The first-order chi connectivity index (χ1) is 8.24. The molecular weight excluding hydrogens is 206 g/mol. The molecule has 0 bridgehead atoms. The minimum absolute atomic E-state index is 0.466. The standard InChI is InChI=1S/C16H19N/c1-13-8-9-14(2)12-16(11-10-13)17-15-6-4-3-5-7-15/h3-14,17H,1-2H3/b9-8-,11-10-,16-12+. The summed E-state index contributed by atoms with van der Waals surface area (Å²) in [5.41, 5.74) is 2.30. The molecule has 0 aliphatic heterocycles. The van der Waals surface area contributed by atoms with E-state index in [1.807, 2.05) is 18.2 Å². The van der Waals surface area contributed by atoms with E-state index in [9.17, 15) is 0 Å². The van der Waals surface area contributed by atoms with Crippen LogP contribution in [0.3, 0.4) is 0 Å². The van der Waals surface area contributed by atoms with E-state index < -0.39 is 0 Å². The maximum atomic E-state index is 3.44. The highest BCUT2D eigenvalue weighted by molar-refractivity contribution is 5.50. The van der Waals surface area contributed by atoms with Crippen molar-refractivity contribution < 1.29 is 0 Å². The summed E-state index contributed by atoms with van der Waals surface area (Å²) in [6.07, 6.45) is 11.1. The van der Waals surface area contributed by atoms with E-state index in [4.69, 9.17) is 0 Å². The molecule has 1 aromatic rings. The predicted molar refractivity (Wildman–Crippen MR) is 74.8 cm³/mol. The summed E-state index contributed by atoms with van der Waals surface area (Å²) in [5.74, 6) is 0.965. The summed E-state index contributed by atoms with van der Waals surface area (Å²) in [6.45, 7) is 4.40. The van der Waals surface area contributed by atoms with Crippen LogP contribution in [0.2, 0.25) is 0 Å². The lowest BCUT2D eigenvalue weighted by Crippen LogP contribution is -2.01. The van der Waals surface area contributed by atoms with Gasteiger partial charge < -0.3 is 5.32 Å². The van der Waals surface area contributed by atoms with Crippen LogP contribution in [0.1, 0.15) is 13.8 Å². The van der Waals surface area contributed by atoms with Gasteiger partial charge in [-0.1, -0.05) is 56.4 Å². The van der Waals surface area contributed by atoms with Crippen LogP contribution in [0, 0.1) is 11.8 Å². The van der Waals surface area contributed by atoms with Gasteiger partial charge in [-0.15, -0.1) is 0 Å². The molecule has 0 saturated carbocycles. The number of rotatable bonds is 2. The van der Waals surface area contributed by atoms with E-state index in [-0.39, 0.29) is 0 Å². The van der Waals surface area contributed by atoms with E-state index in [1.165, 1.54) is 5.70 Å². The molecule has 1 N–H and O–H groups in total. The normalized spacial score (nSPS) is 30.6. The molecule has 17 heavy (non-hydrogen) atoms. The van der Waals surface area contributed by atoms with E-state index in [0.717, 1.165) is 5.69 Å². The van der Waals surface area contributed by atoms with Gasteiger partial charge in [0.1, 0.15) is 0 Å². The molecule has 1 aromatic carbocycles. The van der Waals surface area contributed by atoms with Crippen LogP contribution in [0.25, 0.3) is 0 Å². The van der Waals surface area contributed by atoms with Crippen LogP contribution in [-0.4, -0.2) is 0 Å². The van der Waals surface area contributed by atoms with Gasteiger partial charge in [0.05, 0.1) is 0 Å². The van der Waals surface area contributed by atoms with Crippen molar-refractivity contribution in [3.63, 3.8) is 0 Å². The SMILES string of the molecule is CC1/C=C\C(Nc2ccccc2)=C/C(C)/C=C\1. The number of nitrogens with one attached hydrogen (secondary N) is 1. The molecular formula is C16H19N. The Morgan fingerprint density at radius 3 is 2.35 bits per heavy atom. The lowest BCUT2D eigenvalue weighted by molar-refractivity contribution is 0.867. The smallest absolute Gasteiger partial charge is 0.0384 e. The highest BCUT2D eigenvalue weighted by Crippen LogP contribution is 2.16. The van der Waals surface area contributed by atoms with E-state index >= 15 is 0 Å². The highest BCUT2D eigenvalue weighted by Gasteiger charge is 2.02. The number of benzene rings is 1. The first-order valence-electron chi connectivity index (χ1n) is 6.14. The van der Waals surface area contributed by atoms with Crippen molar-refractivity contribution in [1.82, 2.24) is 0 Å². The fraction of sp³-hybridized carbons (Fsp3) is 0.250. The van der Waals surface area contributed by atoms with Gasteiger partial charge in [-0.2, -0.15) is 0 Å². The Hall–Kier alpha value is -1.76. The summed E-state index contributed by atoms with van der Waals surface area (Å²) in [4.78, 5) is 0. The largest absolute Gasteiger partial charge is 0.356 e. The Labute approximate surface area is 104 Å². The number of allylic oxidation sites excluding steroid dienone is 5. The monoisotopic (exact) mass is 225 g/mol. The fourth-order valence-electron chi connectivity index (χ4n) is 1.84. The topological polar surface area (TPSA) is 12.0 Å². The Morgan fingerprint density at radius 1 is 0.882 bits per heavy atom. The molecule has 2 atom stereocenters. The van der Waals surface area contributed by atoms with Crippen molar-refractivity contribution in [2.75, 3.05) is 5.32 Å². The third kappa shape index (κ3) is 3.63. The third-order valence-electron chi connectivity index (χ3n) is 2.80. The number of hydrogen-bond donors (Lipinski definition) is 1. The Morgan fingerprint density at radius 2 is 1.59 bits per heavy atom. The minimum Gasteiger partial charge on any atom is -0.356 e. The summed E-state index contributed by atoms with van der Waals surface area (Å²) in [5, 5.41) is 3.44. The van der Waals surface area contributed by atoms with Crippen LogP contribution in [0.5, 0.6) is 0 Å². The minimum atomic E-state index is 0.466. The van der Waals surface area contributed by atoms with Crippen molar-refractivity contribution in [2.24, 2.45) is 11.8 Å². The van der Waals surface area contributed by atoms with Crippen molar-refractivity contribution in [2.45, 2.75) is 13.8 Å². The Kier molecular flexibility index (Phi) is 3.81. The van der Waals surface area contributed by atoms with Crippen LogP contribution >= 0.6 is 0 Å². The lowest BCUT2D eigenvalue weighted by Gasteiger charge is -2.12. The van der Waals surface area contributed by atoms with Crippen molar-refractivity contribution in [3.05, 3.63) is 66.4 Å². The van der Waals surface area contributed by atoms with Crippen LogP contribution in [0.15, 0.2) is 66.4 Å². The van der Waals surface area contributed by atoms with E-state index in [2.05, 4.69) is 61.7 Å². The molecule has 0 fully saturated rings. The third-order valence-corrected chi connectivity index (χ3v) is 2.80. The van der Waals surface area contributed by atoms with Crippen molar-refractivity contribution >= 4 is 5.69 Å². The average molecular weight is 225 g/mol. The molecule has 0 amide bonds. The molecule has 0 spiro atoms. The van der Waals surface area contributed by atoms with Gasteiger partial charge in [0.15, 0.2) is 0 Å². The second kappa shape index (κ2) is 5.53. The lowest BCUT2D eigenvalue weighted by atomic mass is 10.0. The molecule has 0 aromatic heterocycles. The van der Waals surface area contributed by atoms with Crippen LogP contribution < -0.4 is 5.32 Å². The first-order valence-corrected chi connectivity index (χ1v) is 6.14. The molecule has 1 nitrogen and oxygen atoms in total. The number of anilines is 1. The van der Waals surface area contributed by atoms with Gasteiger partial charge in [-0.25, -0.2) is 0 Å².